The second-order valence-corrected chi connectivity index (χ2v) is 11.6. The summed E-state index contributed by atoms with van der Waals surface area (Å²) in [6.45, 7) is 13.4. The minimum absolute atomic E-state index is 0.150. The molecule has 6 rings (SSSR count). The number of aliphatic imine (C=N–C) groups is 1. The molecule has 1 saturated carbocycles. The van der Waals surface area contributed by atoms with Gasteiger partial charge in [-0.05, 0) is 70.1 Å². The summed E-state index contributed by atoms with van der Waals surface area (Å²) in [5, 5.41) is 4.11. The molecule has 1 aromatic rings. The van der Waals surface area contributed by atoms with Gasteiger partial charge in [0.25, 0.3) is 0 Å². The minimum Gasteiger partial charge on any atom is -0.350 e. The Bertz CT molecular complexity index is 977. The van der Waals surface area contributed by atoms with E-state index >= 15 is 0 Å². The number of hydrogen-bond acceptors (Lipinski definition) is 6. The molecule has 1 unspecified atom stereocenters. The summed E-state index contributed by atoms with van der Waals surface area (Å²) in [6.07, 6.45) is 3.18. The average Bonchev–Trinajstić information content (AvgIpc) is 3.11. The van der Waals surface area contributed by atoms with Crippen LogP contribution in [0.15, 0.2) is 29.3 Å². The fourth-order valence-electron chi connectivity index (χ4n) is 6.82. The summed E-state index contributed by atoms with van der Waals surface area (Å²) in [7, 11) is 0. The number of hydrogen-bond donors (Lipinski definition) is 1. The van der Waals surface area contributed by atoms with E-state index in [-0.39, 0.29) is 18.1 Å². The number of nitrogens with zero attached hydrogens (tertiary/aromatic N) is 2. The Morgan fingerprint density at radius 1 is 1.16 bits per heavy atom. The Morgan fingerprint density at radius 3 is 2.73 bits per heavy atom. The Labute approximate surface area is 225 Å². The van der Waals surface area contributed by atoms with Crippen LogP contribution in [-0.2, 0) is 24.0 Å². The molecule has 5 fully saturated rings. The lowest BCUT2D eigenvalue weighted by atomic mass is 9.58. The molecule has 5 aliphatic rings. The van der Waals surface area contributed by atoms with Crippen LogP contribution in [0.3, 0.4) is 0 Å². The SMILES string of the molecule is CCN(CC)C(=NCCO[C@H]1O[C@@H]2O[C@]3(C)CC[C@H]4[C@H](C)CC[C@@H]([C@H]1C)C24OO3)Nc1cccc(Cl)c1. The maximum absolute atomic E-state index is 6.52. The highest BCUT2D eigenvalue weighted by Crippen LogP contribution is 2.60. The van der Waals surface area contributed by atoms with E-state index in [2.05, 4.69) is 37.9 Å². The number of nitrogens with one attached hydrogen (secondary N) is 1. The van der Waals surface area contributed by atoms with Crippen molar-refractivity contribution in [2.45, 2.75) is 84.3 Å². The first-order valence-electron chi connectivity index (χ1n) is 13.9. The van der Waals surface area contributed by atoms with Gasteiger partial charge in [0.15, 0.2) is 24.1 Å². The lowest BCUT2D eigenvalue weighted by Gasteiger charge is -2.60. The minimum atomic E-state index is -0.780. The monoisotopic (exact) mass is 535 g/mol. The van der Waals surface area contributed by atoms with Crippen molar-refractivity contribution in [1.29, 1.82) is 0 Å². The van der Waals surface area contributed by atoms with Crippen molar-refractivity contribution in [3.05, 3.63) is 29.3 Å². The number of rotatable bonds is 7. The molecule has 1 N–H and O–H groups in total. The van der Waals surface area contributed by atoms with Crippen molar-refractivity contribution in [2.75, 3.05) is 31.6 Å². The second-order valence-electron chi connectivity index (χ2n) is 11.2. The predicted octanol–water partition coefficient (Wildman–Crippen LogP) is 5.67. The van der Waals surface area contributed by atoms with Gasteiger partial charge in [-0.15, -0.1) is 0 Å². The molecule has 4 aliphatic heterocycles. The highest BCUT2D eigenvalue weighted by molar-refractivity contribution is 6.30. The summed E-state index contributed by atoms with van der Waals surface area (Å²) >= 11 is 6.18. The van der Waals surface area contributed by atoms with Crippen LogP contribution >= 0.6 is 11.6 Å². The zero-order valence-corrected chi connectivity index (χ0v) is 23.5. The van der Waals surface area contributed by atoms with Gasteiger partial charge in [-0.3, -0.25) is 4.99 Å². The topological polar surface area (TPSA) is 73.8 Å². The predicted molar refractivity (Wildman–Crippen MR) is 143 cm³/mol. The summed E-state index contributed by atoms with van der Waals surface area (Å²) in [5.41, 5.74) is 0.341. The van der Waals surface area contributed by atoms with Crippen molar-refractivity contribution in [1.82, 2.24) is 4.90 Å². The van der Waals surface area contributed by atoms with Gasteiger partial charge in [-0.1, -0.05) is 31.5 Å². The molecular formula is C28H42ClN3O5. The Balaban J connectivity index is 1.27. The van der Waals surface area contributed by atoms with E-state index in [0.29, 0.717) is 30.0 Å². The number of benzene rings is 1. The van der Waals surface area contributed by atoms with E-state index in [9.17, 15) is 0 Å². The maximum atomic E-state index is 6.52. The van der Waals surface area contributed by atoms with Gasteiger partial charge in [0, 0.05) is 42.1 Å². The Kier molecular flexibility index (Phi) is 8.06. The van der Waals surface area contributed by atoms with E-state index in [4.69, 9.17) is 40.6 Å². The molecule has 0 amide bonds. The smallest absolute Gasteiger partial charge is 0.201 e. The highest BCUT2D eigenvalue weighted by atomic mass is 35.5. The first-order valence-corrected chi connectivity index (χ1v) is 14.3. The Hall–Kier alpha value is -1.42. The summed E-state index contributed by atoms with van der Waals surface area (Å²) in [6, 6.07) is 7.67. The average molecular weight is 536 g/mol. The van der Waals surface area contributed by atoms with Crippen LogP contribution in [-0.4, -0.2) is 61.1 Å². The van der Waals surface area contributed by atoms with E-state index in [1.165, 1.54) is 6.42 Å². The summed E-state index contributed by atoms with van der Waals surface area (Å²) < 4.78 is 19.3. The van der Waals surface area contributed by atoms with Crippen LogP contribution in [0.25, 0.3) is 0 Å². The quantitative estimate of drug-likeness (QED) is 0.208. The molecule has 2 bridgehead atoms. The van der Waals surface area contributed by atoms with Gasteiger partial charge in [-0.2, -0.15) is 0 Å². The fourth-order valence-corrected chi connectivity index (χ4v) is 7.01. The van der Waals surface area contributed by atoms with Gasteiger partial charge in [-0.25, -0.2) is 9.78 Å². The molecule has 4 heterocycles. The molecule has 4 saturated heterocycles. The zero-order valence-electron chi connectivity index (χ0n) is 22.7. The molecule has 1 spiro atoms. The van der Waals surface area contributed by atoms with Gasteiger partial charge in [0.1, 0.15) is 0 Å². The lowest BCUT2D eigenvalue weighted by Crippen LogP contribution is -2.70. The van der Waals surface area contributed by atoms with Crippen molar-refractivity contribution in [3.63, 3.8) is 0 Å². The van der Waals surface area contributed by atoms with Crippen molar-refractivity contribution >= 4 is 23.2 Å². The van der Waals surface area contributed by atoms with Gasteiger partial charge in [0.2, 0.25) is 5.79 Å². The van der Waals surface area contributed by atoms with Crippen molar-refractivity contribution in [2.24, 2.45) is 28.7 Å². The molecule has 8 atom stereocenters. The van der Waals surface area contributed by atoms with Crippen molar-refractivity contribution < 1.29 is 24.0 Å². The fraction of sp³-hybridized carbons (Fsp3) is 0.750. The standard InChI is InChI=1S/C28H42ClN3O5/c1-6-32(7-2)26(31-21-10-8-9-20(29)17-21)30-15-16-33-24-19(4)23-12-11-18(3)22-13-14-27(5)35-25(34-24)28(22,23)37-36-27/h8-10,17-19,22-25H,6-7,11-16H2,1-5H3,(H,30,31)/t18-,19-,22+,23+,24+,25-,27+,28?/m1/s1. The third-order valence-electron chi connectivity index (χ3n) is 8.88. The molecule has 0 radical (unpaired) electrons. The number of guanidine groups is 1. The van der Waals surface area contributed by atoms with Gasteiger partial charge >= 0.3 is 0 Å². The first-order chi connectivity index (χ1) is 17.8. The van der Waals surface area contributed by atoms with Crippen LogP contribution in [0.2, 0.25) is 5.02 Å². The number of fused-ring (bicyclic) bond motifs is 2. The Morgan fingerprint density at radius 2 is 1.97 bits per heavy atom. The van der Waals surface area contributed by atoms with Crippen LogP contribution < -0.4 is 5.32 Å². The summed E-state index contributed by atoms with van der Waals surface area (Å²) in [5.74, 6) is 1.31. The molecule has 37 heavy (non-hydrogen) atoms. The van der Waals surface area contributed by atoms with E-state index in [0.717, 1.165) is 44.0 Å². The molecule has 206 valence electrons. The lowest BCUT2D eigenvalue weighted by molar-refractivity contribution is -0.577. The molecule has 1 aromatic carbocycles. The second kappa shape index (κ2) is 11.0. The maximum Gasteiger partial charge on any atom is 0.201 e. The van der Waals surface area contributed by atoms with Crippen molar-refractivity contribution in [3.8, 4) is 0 Å². The zero-order chi connectivity index (χ0) is 26.2. The molecule has 1 aliphatic carbocycles. The highest BCUT2D eigenvalue weighted by Gasteiger charge is 2.69. The molecule has 9 heteroatoms. The first kappa shape index (κ1) is 27.2. The largest absolute Gasteiger partial charge is 0.350 e. The van der Waals surface area contributed by atoms with Gasteiger partial charge in [0.05, 0.1) is 13.2 Å². The molecule has 8 nitrogen and oxygen atoms in total. The third kappa shape index (κ3) is 5.13. The number of halogens is 1. The molecular weight excluding hydrogens is 494 g/mol. The third-order valence-corrected chi connectivity index (χ3v) is 9.11. The van der Waals surface area contributed by atoms with Crippen LogP contribution in [0.5, 0.6) is 0 Å². The van der Waals surface area contributed by atoms with E-state index in [1.807, 2.05) is 31.2 Å². The van der Waals surface area contributed by atoms with Crippen LogP contribution in [0.4, 0.5) is 5.69 Å². The summed E-state index contributed by atoms with van der Waals surface area (Å²) in [4.78, 5) is 19.2. The van der Waals surface area contributed by atoms with Crippen LogP contribution in [0, 0.1) is 23.7 Å². The number of ether oxygens (including phenoxy) is 3. The van der Waals surface area contributed by atoms with Crippen LogP contribution in [0.1, 0.15) is 60.3 Å². The number of anilines is 1. The van der Waals surface area contributed by atoms with E-state index < -0.39 is 17.7 Å². The van der Waals surface area contributed by atoms with Gasteiger partial charge < -0.3 is 24.4 Å². The normalized spacial score (nSPS) is 39.1. The van der Waals surface area contributed by atoms with E-state index in [1.54, 1.807) is 0 Å². The molecule has 0 aromatic heterocycles.